The van der Waals surface area contributed by atoms with E-state index in [2.05, 4.69) is 38.9 Å². The first-order chi connectivity index (χ1) is 16.4. The van der Waals surface area contributed by atoms with Crippen molar-refractivity contribution in [3.8, 4) is 17.2 Å². The van der Waals surface area contributed by atoms with Crippen LogP contribution in [0.3, 0.4) is 0 Å². The fourth-order valence-corrected chi connectivity index (χ4v) is 4.69. The molecule has 1 atom stereocenters. The lowest BCUT2D eigenvalue weighted by atomic mass is 9.90. The highest BCUT2D eigenvalue weighted by Gasteiger charge is 2.43. The normalized spacial score (nSPS) is 22.0. The van der Waals surface area contributed by atoms with Crippen molar-refractivity contribution >= 4 is 23.1 Å². The van der Waals surface area contributed by atoms with Gasteiger partial charge in [0.05, 0.1) is 30.0 Å². The zero-order valence-electron chi connectivity index (χ0n) is 19.7. The predicted octanol–water partition coefficient (Wildman–Crippen LogP) is 5.00. The molecule has 2 aliphatic rings. The molecule has 0 bridgehead atoms. The molecule has 4 rings (SSSR count). The van der Waals surface area contributed by atoms with Crippen molar-refractivity contribution in [2.24, 2.45) is 5.41 Å². The zero-order chi connectivity index (χ0) is 24.1. The van der Waals surface area contributed by atoms with Crippen LogP contribution >= 0.6 is 11.6 Å². The van der Waals surface area contributed by atoms with Gasteiger partial charge < -0.3 is 20.7 Å². The Labute approximate surface area is 205 Å². The van der Waals surface area contributed by atoms with E-state index in [0.29, 0.717) is 59.1 Å². The van der Waals surface area contributed by atoms with E-state index in [0.717, 1.165) is 38.5 Å². The van der Waals surface area contributed by atoms with Crippen molar-refractivity contribution in [3.63, 3.8) is 0 Å². The third kappa shape index (κ3) is 6.15. The van der Waals surface area contributed by atoms with Gasteiger partial charge in [-0.05, 0) is 57.6 Å². The van der Waals surface area contributed by atoms with Crippen LogP contribution in [0.25, 0.3) is 11.1 Å². The highest BCUT2D eigenvalue weighted by molar-refractivity contribution is 6.32. The van der Waals surface area contributed by atoms with E-state index >= 15 is 0 Å². The molecule has 2 aromatic rings. The lowest BCUT2D eigenvalue weighted by Crippen LogP contribution is -2.42. The third-order valence-electron chi connectivity index (χ3n) is 6.73. The summed E-state index contributed by atoms with van der Waals surface area (Å²) in [6.45, 7) is 3.34. The maximum atomic E-state index is 14.7. The van der Waals surface area contributed by atoms with Gasteiger partial charge in [0.1, 0.15) is 11.6 Å². The number of nitriles is 1. The lowest BCUT2D eigenvalue weighted by Gasteiger charge is -2.31. The van der Waals surface area contributed by atoms with Crippen molar-refractivity contribution < 1.29 is 9.13 Å². The van der Waals surface area contributed by atoms with Gasteiger partial charge in [0.25, 0.3) is 0 Å². The molecule has 3 N–H and O–H groups in total. The summed E-state index contributed by atoms with van der Waals surface area (Å²) >= 11 is 6.25. The topological polar surface area (TPSA) is 94.9 Å². The molecule has 0 amide bonds. The molecule has 7 nitrogen and oxygen atoms in total. The number of anilines is 2. The predicted molar refractivity (Wildman–Crippen MR) is 132 cm³/mol. The molecule has 0 aromatic carbocycles. The van der Waals surface area contributed by atoms with Gasteiger partial charge in [-0.2, -0.15) is 5.26 Å². The smallest absolute Gasteiger partial charge is 0.152 e. The molecule has 1 unspecified atom stereocenters. The van der Waals surface area contributed by atoms with Crippen LogP contribution in [0.5, 0.6) is 0 Å². The van der Waals surface area contributed by atoms with Crippen molar-refractivity contribution in [1.29, 1.82) is 5.26 Å². The van der Waals surface area contributed by atoms with Gasteiger partial charge >= 0.3 is 0 Å². The fourth-order valence-electron chi connectivity index (χ4n) is 4.52. The number of pyridine rings is 2. The van der Waals surface area contributed by atoms with Crippen LogP contribution in [0.15, 0.2) is 24.5 Å². The number of halogens is 2. The number of nitrogens with one attached hydrogen (secondary N) is 3. The Morgan fingerprint density at radius 2 is 1.94 bits per heavy atom. The summed E-state index contributed by atoms with van der Waals surface area (Å²) in [4.78, 5) is 8.49. The first-order valence-electron chi connectivity index (χ1n) is 11.9. The summed E-state index contributed by atoms with van der Waals surface area (Å²) in [5, 5.41) is 19.9. The van der Waals surface area contributed by atoms with E-state index in [9.17, 15) is 9.65 Å². The molecule has 0 saturated heterocycles. The number of aromatic nitrogens is 2. The zero-order valence-corrected chi connectivity index (χ0v) is 20.5. The number of hydrogen-bond donors (Lipinski definition) is 3. The van der Waals surface area contributed by atoms with Crippen LogP contribution in [-0.2, 0) is 4.74 Å². The van der Waals surface area contributed by atoms with Crippen LogP contribution in [0.4, 0.5) is 15.9 Å². The van der Waals surface area contributed by atoms with Crippen LogP contribution in [0.2, 0.25) is 5.15 Å². The van der Waals surface area contributed by atoms with E-state index in [1.807, 2.05) is 0 Å². The Hall–Kier alpha value is -2.47. The van der Waals surface area contributed by atoms with Crippen molar-refractivity contribution in [2.75, 3.05) is 30.9 Å². The second kappa shape index (κ2) is 10.9. The third-order valence-corrected chi connectivity index (χ3v) is 7.03. The second-order valence-corrected chi connectivity index (χ2v) is 9.93. The Kier molecular flexibility index (Phi) is 7.87. The van der Waals surface area contributed by atoms with Gasteiger partial charge in [-0.15, -0.1) is 0 Å². The molecule has 2 heterocycles. The van der Waals surface area contributed by atoms with E-state index in [-0.39, 0.29) is 5.41 Å². The summed E-state index contributed by atoms with van der Waals surface area (Å²) in [7, 11) is 1.72. The van der Waals surface area contributed by atoms with Crippen LogP contribution in [0, 0.1) is 22.6 Å². The lowest BCUT2D eigenvalue weighted by molar-refractivity contribution is 0.161. The second-order valence-electron chi connectivity index (χ2n) is 9.57. The summed E-state index contributed by atoms with van der Waals surface area (Å²) in [6, 6.07) is 6.98. The molecular weight excluding hydrogens is 455 g/mol. The Morgan fingerprint density at radius 3 is 2.62 bits per heavy atom. The van der Waals surface area contributed by atoms with Gasteiger partial charge in [-0.25, -0.2) is 14.4 Å². The van der Waals surface area contributed by atoms with E-state index in [1.165, 1.54) is 6.20 Å². The molecule has 2 aliphatic carbocycles. The SMILES string of the molecule is COCC(C)NC1CCC(Nc2cc(-c3cnc(Cl)c(NCC4(C#N)CC4)c3)c(F)cn2)CC1. The molecule has 182 valence electrons. The Morgan fingerprint density at radius 1 is 1.21 bits per heavy atom. The minimum absolute atomic E-state index is 0.294. The molecule has 0 spiro atoms. The Bertz CT molecular complexity index is 1030. The molecule has 0 radical (unpaired) electrons. The molecule has 2 fully saturated rings. The summed E-state index contributed by atoms with van der Waals surface area (Å²) < 4.78 is 19.9. The fraction of sp³-hybridized carbons (Fsp3) is 0.560. The number of methoxy groups -OCH3 is 1. The maximum Gasteiger partial charge on any atom is 0.152 e. The standard InChI is InChI=1S/C25H32ClFN6O/c1-16(13-34-2)32-18-3-5-19(6-4-18)33-23-10-20(21(27)12-29-23)17-9-22(24(26)30-11-17)31-15-25(14-28)7-8-25/h9-12,16,18-19,31-32H,3-8,13,15H2,1-2H3,(H,29,33). The molecule has 2 aromatic heterocycles. The maximum absolute atomic E-state index is 14.7. The average Bonchev–Trinajstić information content (AvgIpc) is 3.62. The van der Waals surface area contributed by atoms with Crippen molar-refractivity contribution in [2.45, 2.75) is 63.6 Å². The Balaban J connectivity index is 1.40. The minimum atomic E-state index is -0.420. The first-order valence-corrected chi connectivity index (χ1v) is 12.3. The largest absolute Gasteiger partial charge is 0.383 e. The molecule has 9 heteroatoms. The molecule has 2 saturated carbocycles. The summed E-state index contributed by atoms with van der Waals surface area (Å²) in [5.41, 5.74) is 1.29. The van der Waals surface area contributed by atoms with Gasteiger partial charge in [0.15, 0.2) is 5.15 Å². The van der Waals surface area contributed by atoms with Gasteiger partial charge in [0.2, 0.25) is 0 Å². The molecular formula is C25H32ClFN6O. The molecule has 34 heavy (non-hydrogen) atoms. The van der Waals surface area contributed by atoms with Gasteiger partial charge in [0, 0.05) is 49.1 Å². The first kappa shape index (κ1) is 24.6. The number of nitrogens with zero attached hydrogens (tertiary/aromatic N) is 3. The average molecular weight is 487 g/mol. The van der Waals surface area contributed by atoms with Crippen molar-refractivity contribution in [3.05, 3.63) is 35.5 Å². The van der Waals surface area contributed by atoms with Crippen LogP contribution < -0.4 is 16.0 Å². The van der Waals surface area contributed by atoms with E-state index in [4.69, 9.17) is 16.3 Å². The van der Waals surface area contributed by atoms with Crippen molar-refractivity contribution in [1.82, 2.24) is 15.3 Å². The van der Waals surface area contributed by atoms with E-state index in [1.54, 1.807) is 25.4 Å². The van der Waals surface area contributed by atoms with Gasteiger partial charge in [-0.1, -0.05) is 11.6 Å². The van der Waals surface area contributed by atoms with E-state index < -0.39 is 5.82 Å². The number of ether oxygens (including phenoxy) is 1. The number of hydrogen-bond acceptors (Lipinski definition) is 7. The molecule has 0 aliphatic heterocycles. The van der Waals surface area contributed by atoms with Crippen LogP contribution in [-0.4, -0.2) is 48.4 Å². The monoisotopic (exact) mass is 486 g/mol. The summed E-state index contributed by atoms with van der Waals surface area (Å²) in [5.74, 6) is 0.225. The number of rotatable bonds is 10. The van der Waals surface area contributed by atoms with Crippen LogP contribution in [0.1, 0.15) is 45.4 Å². The quantitative estimate of drug-likeness (QED) is 0.407. The van der Waals surface area contributed by atoms with Gasteiger partial charge in [-0.3, -0.25) is 0 Å². The highest BCUT2D eigenvalue weighted by atomic mass is 35.5. The summed E-state index contributed by atoms with van der Waals surface area (Å²) in [6.07, 6.45) is 8.73. The minimum Gasteiger partial charge on any atom is -0.383 e. The highest BCUT2D eigenvalue weighted by Crippen LogP contribution is 2.45.